The second-order valence-corrected chi connectivity index (χ2v) is 4.42. The number of pyridine rings is 1. The van der Waals surface area contributed by atoms with Gasteiger partial charge in [-0.1, -0.05) is 41.9 Å². The Balaban J connectivity index is 2.10. The summed E-state index contributed by atoms with van der Waals surface area (Å²) in [6.07, 6.45) is 1.41. The zero-order valence-electron chi connectivity index (χ0n) is 10.1. The van der Waals surface area contributed by atoms with Crippen molar-refractivity contribution in [1.82, 2.24) is 10.3 Å². The van der Waals surface area contributed by atoms with Gasteiger partial charge in [-0.3, -0.25) is 4.79 Å². The lowest BCUT2D eigenvalue weighted by Gasteiger charge is -2.16. The van der Waals surface area contributed by atoms with Crippen molar-refractivity contribution in [3.63, 3.8) is 0 Å². The zero-order valence-corrected chi connectivity index (χ0v) is 10.8. The lowest BCUT2D eigenvalue weighted by Crippen LogP contribution is -2.31. The minimum absolute atomic E-state index is 0.177. The highest BCUT2D eigenvalue weighted by Crippen LogP contribution is 2.13. The van der Waals surface area contributed by atoms with E-state index in [9.17, 15) is 9.90 Å². The topological polar surface area (TPSA) is 62.2 Å². The summed E-state index contributed by atoms with van der Waals surface area (Å²) in [5.74, 6) is -0.348. The first-order valence-electron chi connectivity index (χ1n) is 5.79. The summed E-state index contributed by atoms with van der Waals surface area (Å²) in [6.45, 7) is -0.177. The highest BCUT2D eigenvalue weighted by Gasteiger charge is 2.15. The number of amides is 1. The van der Waals surface area contributed by atoms with E-state index in [4.69, 9.17) is 11.6 Å². The molecule has 0 radical (unpaired) electrons. The third-order valence-corrected chi connectivity index (χ3v) is 2.87. The van der Waals surface area contributed by atoms with Crippen LogP contribution >= 0.6 is 11.6 Å². The third-order valence-electron chi connectivity index (χ3n) is 2.65. The number of carbonyl (C=O) groups excluding carboxylic acids is 1. The molecule has 2 rings (SSSR count). The summed E-state index contributed by atoms with van der Waals surface area (Å²) in [4.78, 5) is 15.9. The molecule has 0 aliphatic rings. The lowest BCUT2D eigenvalue weighted by molar-refractivity contribution is 0.0911. The largest absolute Gasteiger partial charge is 0.394 e. The fourth-order valence-electron chi connectivity index (χ4n) is 1.66. The van der Waals surface area contributed by atoms with E-state index in [1.54, 1.807) is 6.07 Å². The van der Waals surface area contributed by atoms with Crippen LogP contribution in [0.1, 0.15) is 22.1 Å². The molecule has 98 valence electrons. The van der Waals surface area contributed by atoms with Gasteiger partial charge >= 0.3 is 0 Å². The number of hydrogen-bond acceptors (Lipinski definition) is 3. The van der Waals surface area contributed by atoms with Crippen molar-refractivity contribution in [2.75, 3.05) is 6.61 Å². The lowest BCUT2D eigenvalue weighted by atomic mass is 10.1. The summed E-state index contributed by atoms with van der Waals surface area (Å²) in [5.41, 5.74) is 1.10. The van der Waals surface area contributed by atoms with Gasteiger partial charge in [-0.15, -0.1) is 0 Å². The summed E-state index contributed by atoms with van der Waals surface area (Å²) in [5, 5.41) is 12.6. The first-order chi connectivity index (χ1) is 9.20. The molecule has 0 unspecified atom stereocenters. The van der Waals surface area contributed by atoms with Crippen LogP contribution in [0.4, 0.5) is 0 Å². The van der Waals surface area contributed by atoms with Crippen LogP contribution in [0, 0.1) is 0 Å². The highest BCUT2D eigenvalue weighted by molar-refractivity contribution is 6.30. The molecular weight excluding hydrogens is 264 g/mol. The van der Waals surface area contributed by atoms with Gasteiger partial charge in [0.2, 0.25) is 0 Å². The Labute approximate surface area is 116 Å². The molecule has 1 heterocycles. The normalized spacial score (nSPS) is 11.9. The van der Waals surface area contributed by atoms with E-state index in [0.29, 0.717) is 5.02 Å². The molecule has 1 aromatic carbocycles. The number of carbonyl (C=O) groups is 1. The number of nitrogens with one attached hydrogen (secondary N) is 1. The molecule has 2 N–H and O–H groups in total. The number of benzene rings is 1. The van der Waals surface area contributed by atoms with Gasteiger partial charge in [0.05, 0.1) is 17.7 Å². The quantitative estimate of drug-likeness (QED) is 0.900. The third kappa shape index (κ3) is 3.53. The van der Waals surface area contributed by atoms with Gasteiger partial charge in [-0.25, -0.2) is 4.98 Å². The molecule has 0 aliphatic carbocycles. The van der Waals surface area contributed by atoms with Crippen LogP contribution in [-0.2, 0) is 0 Å². The molecule has 0 fully saturated rings. The van der Waals surface area contributed by atoms with Crippen LogP contribution < -0.4 is 5.32 Å². The van der Waals surface area contributed by atoms with Crippen LogP contribution in [-0.4, -0.2) is 22.6 Å². The molecule has 2 aromatic rings. The number of nitrogens with zero attached hydrogens (tertiary/aromatic N) is 1. The van der Waals surface area contributed by atoms with Crippen molar-refractivity contribution < 1.29 is 9.90 Å². The SMILES string of the molecule is O=C(N[C@H](CO)c1ccccc1)c1ccc(Cl)cn1. The van der Waals surface area contributed by atoms with E-state index in [2.05, 4.69) is 10.3 Å². The predicted molar refractivity (Wildman–Crippen MR) is 73.0 cm³/mol. The standard InChI is InChI=1S/C14H13ClN2O2/c15-11-6-7-12(16-8-11)14(19)17-13(9-18)10-4-2-1-3-5-10/h1-8,13,18H,9H2,(H,17,19)/t13-/m1/s1. The molecule has 4 nitrogen and oxygen atoms in total. The van der Waals surface area contributed by atoms with Crippen LogP contribution in [0.25, 0.3) is 0 Å². The summed E-state index contributed by atoms with van der Waals surface area (Å²) in [7, 11) is 0. The monoisotopic (exact) mass is 276 g/mol. The van der Waals surface area contributed by atoms with E-state index in [-0.39, 0.29) is 18.2 Å². The van der Waals surface area contributed by atoms with Crippen molar-refractivity contribution in [2.45, 2.75) is 6.04 Å². The molecule has 0 saturated carbocycles. The molecule has 19 heavy (non-hydrogen) atoms. The minimum atomic E-state index is -0.453. The fourth-order valence-corrected chi connectivity index (χ4v) is 1.77. The number of aliphatic hydroxyl groups excluding tert-OH is 1. The van der Waals surface area contributed by atoms with Gasteiger partial charge in [0.25, 0.3) is 5.91 Å². The maximum Gasteiger partial charge on any atom is 0.270 e. The number of halogens is 1. The molecule has 1 aromatic heterocycles. The molecule has 1 amide bonds. The van der Waals surface area contributed by atoms with Gasteiger partial charge < -0.3 is 10.4 Å². The number of rotatable bonds is 4. The molecule has 1 atom stereocenters. The Bertz CT molecular complexity index is 543. The van der Waals surface area contributed by atoms with Crippen LogP contribution in [0.2, 0.25) is 5.02 Å². The van der Waals surface area contributed by atoms with E-state index in [1.807, 2.05) is 30.3 Å². The molecule has 0 bridgehead atoms. The molecule has 0 aliphatic heterocycles. The first kappa shape index (κ1) is 13.5. The summed E-state index contributed by atoms with van der Waals surface area (Å²) < 4.78 is 0. The average Bonchev–Trinajstić information content (AvgIpc) is 2.46. The Hall–Kier alpha value is -1.91. The Morgan fingerprint density at radius 3 is 2.58 bits per heavy atom. The van der Waals surface area contributed by atoms with Crippen LogP contribution in [0.3, 0.4) is 0 Å². The Kier molecular flexibility index (Phi) is 4.49. The van der Waals surface area contributed by atoms with E-state index in [0.717, 1.165) is 5.56 Å². The number of hydrogen-bond donors (Lipinski definition) is 2. The van der Waals surface area contributed by atoms with Crippen molar-refractivity contribution in [3.05, 3.63) is 64.9 Å². The van der Waals surface area contributed by atoms with Gasteiger partial charge in [-0.05, 0) is 17.7 Å². The van der Waals surface area contributed by atoms with Crippen molar-refractivity contribution in [2.24, 2.45) is 0 Å². The van der Waals surface area contributed by atoms with Crippen molar-refractivity contribution in [3.8, 4) is 0 Å². The van der Waals surface area contributed by atoms with Crippen molar-refractivity contribution in [1.29, 1.82) is 0 Å². The summed E-state index contributed by atoms with van der Waals surface area (Å²) in [6, 6.07) is 11.9. The highest BCUT2D eigenvalue weighted by atomic mass is 35.5. The predicted octanol–water partition coefficient (Wildman–Crippen LogP) is 2.20. The van der Waals surface area contributed by atoms with Gasteiger partial charge in [-0.2, -0.15) is 0 Å². The second kappa shape index (κ2) is 6.31. The fraction of sp³-hybridized carbons (Fsp3) is 0.143. The first-order valence-corrected chi connectivity index (χ1v) is 6.16. The molecule has 5 heteroatoms. The molecular formula is C14H13ClN2O2. The smallest absolute Gasteiger partial charge is 0.270 e. The molecule has 0 saturated heterocycles. The van der Waals surface area contributed by atoms with Crippen LogP contribution in [0.15, 0.2) is 48.7 Å². The van der Waals surface area contributed by atoms with E-state index in [1.165, 1.54) is 12.3 Å². The zero-order chi connectivity index (χ0) is 13.7. The van der Waals surface area contributed by atoms with Gasteiger partial charge in [0.1, 0.15) is 5.69 Å². The number of aliphatic hydroxyl groups is 1. The summed E-state index contributed by atoms with van der Waals surface area (Å²) >= 11 is 5.71. The molecule has 0 spiro atoms. The minimum Gasteiger partial charge on any atom is -0.394 e. The Morgan fingerprint density at radius 2 is 2.00 bits per heavy atom. The average molecular weight is 277 g/mol. The van der Waals surface area contributed by atoms with Gasteiger partial charge in [0.15, 0.2) is 0 Å². The van der Waals surface area contributed by atoms with Crippen LogP contribution in [0.5, 0.6) is 0 Å². The Morgan fingerprint density at radius 1 is 1.26 bits per heavy atom. The maximum absolute atomic E-state index is 12.0. The van der Waals surface area contributed by atoms with Crippen molar-refractivity contribution >= 4 is 17.5 Å². The number of aromatic nitrogens is 1. The van der Waals surface area contributed by atoms with E-state index >= 15 is 0 Å². The van der Waals surface area contributed by atoms with Gasteiger partial charge in [0, 0.05) is 6.20 Å². The van der Waals surface area contributed by atoms with E-state index < -0.39 is 6.04 Å². The maximum atomic E-state index is 12.0. The second-order valence-electron chi connectivity index (χ2n) is 3.98.